The number of para-hydroxylation sites is 2. The Bertz CT molecular complexity index is 429. The van der Waals surface area contributed by atoms with Crippen molar-refractivity contribution in [2.24, 2.45) is 4.99 Å². The largest absolute Gasteiger partial charge is 0.483 e. The quantitative estimate of drug-likeness (QED) is 0.696. The van der Waals surface area contributed by atoms with Gasteiger partial charge in [0.2, 0.25) is 5.91 Å². The van der Waals surface area contributed by atoms with Crippen molar-refractivity contribution in [3.63, 3.8) is 0 Å². The number of carbonyl (C=O) groups is 1. The molecule has 0 saturated heterocycles. The summed E-state index contributed by atoms with van der Waals surface area (Å²) in [6.07, 6.45) is 0.428. The number of fused-ring (bicyclic) bond motifs is 1. The first-order valence-electron chi connectivity index (χ1n) is 5.14. The highest BCUT2D eigenvalue weighted by atomic mass is 16.5. The smallest absolute Gasteiger partial charge is 0.238 e. The highest BCUT2D eigenvalue weighted by Gasteiger charge is 2.11. The number of hydrazine groups is 1. The molecular formula is C11H13N3O2. The second kappa shape index (κ2) is 4.65. The van der Waals surface area contributed by atoms with E-state index in [9.17, 15) is 4.79 Å². The maximum atomic E-state index is 11.0. The van der Waals surface area contributed by atoms with Crippen LogP contribution in [-0.2, 0) is 4.79 Å². The Hall–Kier alpha value is -2.04. The summed E-state index contributed by atoms with van der Waals surface area (Å²) in [6, 6.07) is 7.50. The lowest BCUT2D eigenvalue weighted by atomic mass is 10.3. The minimum Gasteiger partial charge on any atom is -0.483 e. The fourth-order valence-electron chi connectivity index (χ4n) is 1.29. The summed E-state index contributed by atoms with van der Waals surface area (Å²) in [5.74, 6) is 1.27. The summed E-state index contributed by atoms with van der Waals surface area (Å²) in [4.78, 5) is 15.3. The van der Waals surface area contributed by atoms with Gasteiger partial charge in [-0.2, -0.15) is 0 Å². The normalized spacial score (nSPS) is 13.2. The van der Waals surface area contributed by atoms with Gasteiger partial charge in [0.1, 0.15) is 18.0 Å². The number of aliphatic imine (C=N–C) groups is 1. The molecule has 0 spiro atoms. The molecule has 1 aromatic rings. The maximum Gasteiger partial charge on any atom is 0.238 e. The highest BCUT2D eigenvalue weighted by Crippen LogP contribution is 2.29. The summed E-state index contributed by atoms with van der Waals surface area (Å²) >= 11 is 0. The van der Waals surface area contributed by atoms with E-state index in [1.54, 1.807) is 6.92 Å². The fraction of sp³-hybridized carbons (Fsp3) is 0.273. The highest BCUT2D eigenvalue weighted by molar-refractivity contribution is 5.90. The van der Waals surface area contributed by atoms with Gasteiger partial charge in [-0.25, -0.2) is 4.99 Å². The van der Waals surface area contributed by atoms with Crippen molar-refractivity contribution < 1.29 is 9.53 Å². The van der Waals surface area contributed by atoms with Crippen molar-refractivity contribution in [3.8, 4) is 5.75 Å². The van der Waals surface area contributed by atoms with Crippen LogP contribution in [0.5, 0.6) is 5.75 Å². The van der Waals surface area contributed by atoms with E-state index in [1.807, 2.05) is 24.3 Å². The molecule has 0 aliphatic carbocycles. The van der Waals surface area contributed by atoms with Crippen LogP contribution in [0.3, 0.4) is 0 Å². The van der Waals surface area contributed by atoms with Crippen LogP contribution in [0.25, 0.3) is 0 Å². The van der Waals surface area contributed by atoms with Gasteiger partial charge >= 0.3 is 0 Å². The van der Waals surface area contributed by atoms with Gasteiger partial charge in [-0.1, -0.05) is 19.1 Å². The van der Waals surface area contributed by atoms with Gasteiger partial charge in [-0.05, 0) is 12.1 Å². The number of rotatable bonds is 1. The first-order chi connectivity index (χ1) is 7.79. The lowest BCUT2D eigenvalue weighted by molar-refractivity contribution is -0.121. The van der Waals surface area contributed by atoms with Gasteiger partial charge in [-0.15, -0.1) is 0 Å². The Morgan fingerprint density at radius 3 is 3.12 bits per heavy atom. The van der Waals surface area contributed by atoms with Crippen molar-refractivity contribution in [3.05, 3.63) is 24.3 Å². The predicted molar refractivity (Wildman–Crippen MR) is 60.6 cm³/mol. The average Bonchev–Trinajstić information content (AvgIpc) is 2.35. The fourth-order valence-corrected chi connectivity index (χ4v) is 1.29. The van der Waals surface area contributed by atoms with E-state index in [1.165, 1.54) is 0 Å². The molecular weight excluding hydrogens is 206 g/mol. The minimum atomic E-state index is -0.0819. The molecule has 16 heavy (non-hydrogen) atoms. The van der Waals surface area contributed by atoms with E-state index < -0.39 is 0 Å². The van der Waals surface area contributed by atoms with E-state index in [0.717, 1.165) is 11.4 Å². The first kappa shape index (κ1) is 10.5. The van der Waals surface area contributed by atoms with Crippen LogP contribution in [-0.4, -0.2) is 18.3 Å². The zero-order valence-electron chi connectivity index (χ0n) is 8.99. The molecule has 1 aliphatic rings. The number of hydrogen-bond acceptors (Lipinski definition) is 4. The summed E-state index contributed by atoms with van der Waals surface area (Å²) in [5.41, 5.74) is 6.04. The van der Waals surface area contributed by atoms with Crippen molar-refractivity contribution in [2.45, 2.75) is 13.3 Å². The third kappa shape index (κ3) is 2.31. The number of carbonyl (C=O) groups excluding carboxylic acids is 1. The maximum absolute atomic E-state index is 11.0. The number of ether oxygens (including phenoxy) is 1. The Morgan fingerprint density at radius 2 is 2.31 bits per heavy atom. The molecule has 5 nitrogen and oxygen atoms in total. The number of benzene rings is 1. The average molecular weight is 219 g/mol. The molecule has 1 amide bonds. The molecule has 0 radical (unpaired) electrons. The molecule has 84 valence electrons. The van der Waals surface area contributed by atoms with E-state index in [4.69, 9.17) is 4.74 Å². The first-order valence-corrected chi connectivity index (χ1v) is 5.14. The Labute approximate surface area is 93.5 Å². The summed E-state index contributed by atoms with van der Waals surface area (Å²) < 4.78 is 5.46. The van der Waals surface area contributed by atoms with E-state index in [2.05, 4.69) is 15.8 Å². The van der Waals surface area contributed by atoms with E-state index in [-0.39, 0.29) is 5.91 Å². The van der Waals surface area contributed by atoms with Gasteiger partial charge in [0.15, 0.2) is 5.84 Å². The van der Waals surface area contributed by atoms with Gasteiger partial charge in [-0.3, -0.25) is 15.6 Å². The standard InChI is InChI=1S/C11H13N3O2/c1-2-11(15)14-13-10-7-16-9-6-4-3-5-8(9)12-10/h3-6H,2,7H2,1H3,(H,12,13)(H,14,15). The number of amides is 1. The zero-order valence-corrected chi connectivity index (χ0v) is 8.99. The molecule has 0 aromatic heterocycles. The second-order valence-corrected chi connectivity index (χ2v) is 3.34. The molecule has 0 bridgehead atoms. The lowest BCUT2D eigenvalue weighted by Gasteiger charge is -2.17. The molecule has 0 fully saturated rings. The van der Waals surface area contributed by atoms with Gasteiger partial charge < -0.3 is 4.74 Å². The van der Waals surface area contributed by atoms with Crippen molar-refractivity contribution in [1.29, 1.82) is 0 Å². The van der Waals surface area contributed by atoms with Gasteiger partial charge in [0.05, 0.1) is 0 Å². The summed E-state index contributed by atoms with van der Waals surface area (Å²) in [7, 11) is 0. The molecule has 0 atom stereocenters. The van der Waals surface area contributed by atoms with Crippen molar-refractivity contribution in [2.75, 3.05) is 6.61 Å². The Kier molecular flexibility index (Phi) is 3.05. The molecule has 2 rings (SSSR count). The van der Waals surface area contributed by atoms with Gasteiger partial charge in [0, 0.05) is 6.42 Å². The number of amidine groups is 1. The number of nitrogens with one attached hydrogen (secondary N) is 2. The SMILES string of the molecule is CCC(=O)NNC1=Nc2ccccc2OC1. The Morgan fingerprint density at radius 1 is 1.50 bits per heavy atom. The molecule has 1 heterocycles. The van der Waals surface area contributed by atoms with Crippen molar-refractivity contribution in [1.82, 2.24) is 10.9 Å². The summed E-state index contributed by atoms with van der Waals surface area (Å²) in [5, 5.41) is 0. The van der Waals surface area contributed by atoms with Crippen molar-refractivity contribution >= 4 is 17.4 Å². The minimum absolute atomic E-state index is 0.0819. The van der Waals surface area contributed by atoms with Crippen LogP contribution in [0.4, 0.5) is 5.69 Å². The molecule has 0 saturated carbocycles. The monoisotopic (exact) mass is 219 g/mol. The van der Waals surface area contributed by atoms with E-state index in [0.29, 0.717) is 18.9 Å². The predicted octanol–water partition coefficient (Wildman–Crippen LogP) is 1.14. The van der Waals surface area contributed by atoms with Crippen LogP contribution in [0.1, 0.15) is 13.3 Å². The number of nitrogens with zero attached hydrogens (tertiary/aromatic N) is 1. The topological polar surface area (TPSA) is 62.7 Å². The molecule has 0 unspecified atom stereocenters. The second-order valence-electron chi connectivity index (χ2n) is 3.34. The molecule has 2 N–H and O–H groups in total. The lowest BCUT2D eigenvalue weighted by Crippen LogP contribution is -2.44. The molecule has 1 aliphatic heterocycles. The van der Waals surface area contributed by atoms with Crippen LogP contribution in [0.15, 0.2) is 29.3 Å². The molecule has 5 heteroatoms. The Balaban J connectivity index is 2.04. The summed E-state index contributed by atoms with van der Waals surface area (Å²) in [6.45, 7) is 2.12. The van der Waals surface area contributed by atoms with Crippen LogP contribution < -0.4 is 15.6 Å². The third-order valence-corrected chi connectivity index (χ3v) is 2.15. The zero-order chi connectivity index (χ0) is 11.4. The molecule has 1 aromatic carbocycles. The number of hydrogen-bond donors (Lipinski definition) is 2. The van der Waals surface area contributed by atoms with Gasteiger partial charge in [0.25, 0.3) is 0 Å². The third-order valence-electron chi connectivity index (χ3n) is 2.15. The van der Waals surface area contributed by atoms with Crippen LogP contribution in [0, 0.1) is 0 Å². The van der Waals surface area contributed by atoms with Crippen LogP contribution in [0.2, 0.25) is 0 Å². The van der Waals surface area contributed by atoms with E-state index >= 15 is 0 Å². The van der Waals surface area contributed by atoms with Crippen LogP contribution >= 0.6 is 0 Å².